The van der Waals surface area contributed by atoms with Crippen molar-refractivity contribution in [2.75, 3.05) is 6.61 Å². The third-order valence-corrected chi connectivity index (χ3v) is 15.0. The molecule has 1 heterocycles. The van der Waals surface area contributed by atoms with Crippen molar-refractivity contribution in [2.45, 2.75) is 201 Å². The van der Waals surface area contributed by atoms with Crippen molar-refractivity contribution in [3.8, 4) is 0 Å². The molecule has 8 heteroatoms. The van der Waals surface area contributed by atoms with E-state index in [4.69, 9.17) is 14.2 Å². The molecular formula is C43H72O8. The van der Waals surface area contributed by atoms with Crippen LogP contribution >= 0.6 is 0 Å². The van der Waals surface area contributed by atoms with Crippen LogP contribution in [0.15, 0.2) is 0 Å². The Balaban J connectivity index is 0.000000158. The lowest BCUT2D eigenvalue weighted by Gasteiger charge is -2.62. The Bertz CT molecular complexity index is 1260. The maximum atomic E-state index is 12.6. The van der Waals surface area contributed by atoms with Crippen molar-refractivity contribution in [3.63, 3.8) is 0 Å². The summed E-state index contributed by atoms with van der Waals surface area (Å²) >= 11 is 0. The van der Waals surface area contributed by atoms with Crippen LogP contribution in [0.5, 0.6) is 0 Å². The number of carbonyl (C=O) groups is 3. The van der Waals surface area contributed by atoms with E-state index in [0.717, 1.165) is 69.1 Å². The second-order valence-corrected chi connectivity index (χ2v) is 20.8. The largest absolute Gasteiger partial charge is 0.465 e. The Labute approximate surface area is 308 Å². The first-order valence-electron chi connectivity index (χ1n) is 20.5. The maximum absolute atomic E-state index is 12.6. The molecule has 9 rings (SSSR count). The molecule has 0 aromatic rings. The first-order chi connectivity index (χ1) is 23.5. The van der Waals surface area contributed by atoms with Crippen LogP contribution in [0.1, 0.15) is 178 Å². The molecule has 292 valence electrons. The molecule has 1 saturated heterocycles. The highest BCUT2D eigenvalue weighted by atomic mass is 16.6. The van der Waals surface area contributed by atoms with Gasteiger partial charge in [-0.3, -0.25) is 14.4 Å². The molecule has 8 bridgehead atoms. The average Bonchev–Trinajstić information content (AvgIpc) is 3.32. The van der Waals surface area contributed by atoms with Gasteiger partial charge in [0.2, 0.25) is 0 Å². The molecule has 8 saturated carbocycles. The summed E-state index contributed by atoms with van der Waals surface area (Å²) in [6.07, 6.45) is 16.3. The normalized spacial score (nSPS) is 40.5. The molecule has 2 N–H and O–H groups in total. The van der Waals surface area contributed by atoms with E-state index in [0.29, 0.717) is 25.9 Å². The number of ether oxygens (including phenoxy) is 3. The minimum Gasteiger partial charge on any atom is -0.465 e. The number of carbonyl (C=O) groups excluding carboxylic acids is 3. The molecule has 3 atom stereocenters. The second kappa shape index (κ2) is 13.9. The molecule has 8 aliphatic carbocycles. The molecule has 0 aromatic carbocycles. The fourth-order valence-corrected chi connectivity index (χ4v) is 11.7. The van der Waals surface area contributed by atoms with Crippen LogP contribution in [0.2, 0.25) is 0 Å². The van der Waals surface area contributed by atoms with Crippen molar-refractivity contribution in [3.05, 3.63) is 0 Å². The summed E-state index contributed by atoms with van der Waals surface area (Å²) in [6.45, 7) is 20.9. The Morgan fingerprint density at radius 2 is 1.24 bits per heavy atom. The third kappa shape index (κ3) is 8.22. The minimum atomic E-state index is -0.842. The smallest absolute Gasteiger partial charge is 0.312 e. The Morgan fingerprint density at radius 1 is 0.745 bits per heavy atom. The number of aliphatic hydroxyl groups is 2. The summed E-state index contributed by atoms with van der Waals surface area (Å²) in [5.74, 6) is 2.75. The predicted molar refractivity (Wildman–Crippen MR) is 197 cm³/mol. The van der Waals surface area contributed by atoms with Gasteiger partial charge in [-0.05, 0) is 156 Å². The van der Waals surface area contributed by atoms with Crippen LogP contribution in [0, 0.1) is 45.3 Å². The van der Waals surface area contributed by atoms with Crippen LogP contribution in [-0.2, 0) is 28.6 Å². The van der Waals surface area contributed by atoms with E-state index in [2.05, 4.69) is 27.7 Å². The van der Waals surface area contributed by atoms with Crippen molar-refractivity contribution in [1.82, 2.24) is 0 Å². The molecule has 0 spiro atoms. The Hall–Kier alpha value is -1.67. The van der Waals surface area contributed by atoms with E-state index in [-0.39, 0.29) is 45.7 Å². The van der Waals surface area contributed by atoms with Gasteiger partial charge in [-0.1, -0.05) is 27.2 Å². The Morgan fingerprint density at radius 3 is 1.65 bits per heavy atom. The van der Waals surface area contributed by atoms with Gasteiger partial charge >= 0.3 is 17.9 Å². The quantitative estimate of drug-likeness (QED) is 0.179. The zero-order chi connectivity index (χ0) is 37.9. The molecule has 9 aliphatic rings. The topological polar surface area (TPSA) is 119 Å². The minimum absolute atomic E-state index is 0.00523. The highest BCUT2D eigenvalue weighted by Gasteiger charge is 2.65. The molecule has 3 unspecified atom stereocenters. The number of esters is 3. The van der Waals surface area contributed by atoms with Gasteiger partial charge in [-0.25, -0.2) is 0 Å². The summed E-state index contributed by atoms with van der Waals surface area (Å²) in [7, 11) is 0. The monoisotopic (exact) mass is 717 g/mol. The summed E-state index contributed by atoms with van der Waals surface area (Å²) < 4.78 is 16.9. The van der Waals surface area contributed by atoms with Crippen LogP contribution in [-0.4, -0.2) is 57.1 Å². The first-order valence-corrected chi connectivity index (χ1v) is 20.5. The van der Waals surface area contributed by atoms with Crippen LogP contribution < -0.4 is 0 Å². The summed E-state index contributed by atoms with van der Waals surface area (Å²) in [5.41, 5.74) is -3.42. The van der Waals surface area contributed by atoms with Gasteiger partial charge in [0.1, 0.15) is 11.2 Å². The van der Waals surface area contributed by atoms with Gasteiger partial charge in [0.15, 0.2) is 0 Å². The SMILES string of the molecule is CCC(C)(C)C(=O)OC(C)(C)C12CC3CC(CC(C3)C1)C2.CCC(C)(C)C(=O)OC12CC3CC(O)(CC(O)(C3)C1)C2.CCCC1(C)CCOC1=O. The van der Waals surface area contributed by atoms with Gasteiger partial charge in [-0.15, -0.1) is 0 Å². The lowest BCUT2D eigenvalue weighted by atomic mass is 9.46. The van der Waals surface area contributed by atoms with Crippen molar-refractivity contribution in [2.24, 2.45) is 45.3 Å². The summed E-state index contributed by atoms with van der Waals surface area (Å²) in [4.78, 5) is 36.0. The van der Waals surface area contributed by atoms with Crippen molar-refractivity contribution >= 4 is 17.9 Å². The number of rotatable bonds is 9. The fourth-order valence-electron chi connectivity index (χ4n) is 11.7. The lowest BCUT2D eigenvalue weighted by Crippen LogP contribution is -2.67. The van der Waals surface area contributed by atoms with E-state index < -0.39 is 22.2 Å². The van der Waals surface area contributed by atoms with Gasteiger partial charge in [0, 0.05) is 24.7 Å². The molecule has 51 heavy (non-hydrogen) atoms. The maximum Gasteiger partial charge on any atom is 0.312 e. The second-order valence-electron chi connectivity index (χ2n) is 20.8. The molecular weight excluding hydrogens is 644 g/mol. The van der Waals surface area contributed by atoms with Crippen LogP contribution in [0.25, 0.3) is 0 Å². The summed E-state index contributed by atoms with van der Waals surface area (Å²) in [5, 5.41) is 21.3. The van der Waals surface area contributed by atoms with E-state index in [1.807, 2.05) is 41.5 Å². The number of hydrogen-bond donors (Lipinski definition) is 2. The zero-order valence-corrected chi connectivity index (χ0v) is 33.9. The van der Waals surface area contributed by atoms with Crippen molar-refractivity contribution in [1.29, 1.82) is 0 Å². The highest BCUT2D eigenvalue weighted by Crippen LogP contribution is 2.65. The molecule has 1 aliphatic heterocycles. The Kier molecular flexibility index (Phi) is 11.0. The molecule has 0 radical (unpaired) electrons. The number of cyclic esters (lactones) is 1. The van der Waals surface area contributed by atoms with Crippen molar-refractivity contribution < 1.29 is 38.8 Å². The van der Waals surface area contributed by atoms with Gasteiger partial charge in [0.05, 0.1) is 34.1 Å². The van der Waals surface area contributed by atoms with Gasteiger partial charge in [-0.2, -0.15) is 0 Å². The standard InChI is InChI=1S/C19H32O2.C16H26O4.C8H14O2/c1-6-17(2,3)16(20)21-18(4,5)19-10-13-7-14(11-19)9-15(8-13)12-19;1-4-13(2,3)12(17)20-16-7-11-5-14(18,9-16)8-15(19,6-11)10-16;1-3-4-8(2)5-6-10-7(8)9/h13-15H,6-12H2,1-5H3;11,18-19H,4-10H2,1-3H3;3-6H2,1-2H3. The predicted octanol–water partition coefficient (Wildman–Crippen LogP) is 8.86. The highest BCUT2D eigenvalue weighted by molar-refractivity contribution is 5.78. The summed E-state index contributed by atoms with van der Waals surface area (Å²) in [6, 6.07) is 0. The van der Waals surface area contributed by atoms with E-state index in [1.165, 1.54) is 38.5 Å². The molecule has 8 nitrogen and oxygen atoms in total. The zero-order valence-electron chi connectivity index (χ0n) is 33.9. The van der Waals surface area contributed by atoms with E-state index in [1.54, 1.807) is 0 Å². The first kappa shape index (κ1) is 40.5. The average molecular weight is 717 g/mol. The number of hydrogen-bond acceptors (Lipinski definition) is 8. The molecule has 0 amide bonds. The van der Waals surface area contributed by atoms with E-state index >= 15 is 0 Å². The third-order valence-electron chi connectivity index (χ3n) is 15.0. The fraction of sp³-hybridized carbons (Fsp3) is 0.930. The van der Waals surface area contributed by atoms with Crippen LogP contribution in [0.4, 0.5) is 0 Å². The van der Waals surface area contributed by atoms with Gasteiger partial charge in [0.25, 0.3) is 0 Å². The van der Waals surface area contributed by atoms with Crippen LogP contribution in [0.3, 0.4) is 0 Å². The lowest BCUT2D eigenvalue weighted by molar-refractivity contribution is -0.264. The van der Waals surface area contributed by atoms with Gasteiger partial charge < -0.3 is 24.4 Å². The molecule has 9 fully saturated rings. The van der Waals surface area contributed by atoms with E-state index in [9.17, 15) is 24.6 Å². The molecule has 0 aromatic heterocycles.